The second-order valence-corrected chi connectivity index (χ2v) is 15.3. The second-order valence-electron chi connectivity index (χ2n) is 11.7. The SMILES string of the molecule is Cc1cc(S(=O)(=O)O)c(N=Nc2c(O)c(C(=O)[O-])cc3ccccc23)cc1Cl.Cc1cc(S(=O)(=O)O)c(N=Nc2c(O)c(C(=O)[O-])cc3ccccc23)cc1Cl.[Ca+2]. The maximum absolute atomic E-state index is 11.6. The first-order chi connectivity index (χ1) is 26.2. The third kappa shape index (κ3) is 10.0. The quantitative estimate of drug-likeness (QED) is 0.0707. The van der Waals surface area contributed by atoms with Gasteiger partial charge in [0.2, 0.25) is 0 Å². The Kier molecular flexibility index (Phi) is 14.0. The van der Waals surface area contributed by atoms with Crippen molar-refractivity contribution in [1.82, 2.24) is 0 Å². The summed E-state index contributed by atoms with van der Waals surface area (Å²) < 4.78 is 65.3. The zero-order valence-corrected chi connectivity index (χ0v) is 34.6. The molecule has 6 aromatic rings. The van der Waals surface area contributed by atoms with Gasteiger partial charge in [-0.15, -0.1) is 20.5 Å². The minimum atomic E-state index is -4.63. The average molecular weight is 880 g/mol. The summed E-state index contributed by atoms with van der Waals surface area (Å²) in [5.74, 6) is -4.60. The van der Waals surface area contributed by atoms with Crippen LogP contribution < -0.4 is 10.2 Å². The fourth-order valence-electron chi connectivity index (χ4n) is 5.21. The molecule has 0 aliphatic heterocycles. The van der Waals surface area contributed by atoms with E-state index in [1.807, 2.05) is 0 Å². The van der Waals surface area contributed by atoms with Crippen LogP contribution in [-0.2, 0) is 20.2 Å². The Balaban J connectivity index is 0.000000248. The Morgan fingerprint density at radius 3 is 1.23 bits per heavy atom. The molecule has 0 bridgehead atoms. The Hall–Kier alpha value is -4.76. The molecule has 6 aromatic carbocycles. The van der Waals surface area contributed by atoms with E-state index in [0.29, 0.717) is 32.7 Å². The van der Waals surface area contributed by atoms with Crippen molar-refractivity contribution in [3.8, 4) is 11.5 Å². The van der Waals surface area contributed by atoms with Gasteiger partial charge < -0.3 is 30.0 Å². The number of aryl methyl sites for hydroxylation is 2. The number of aromatic hydroxyl groups is 2. The van der Waals surface area contributed by atoms with Gasteiger partial charge in [0.15, 0.2) is 11.5 Å². The van der Waals surface area contributed by atoms with E-state index in [0.717, 1.165) is 12.1 Å². The number of halogens is 2. The largest absolute Gasteiger partial charge is 2.00 e. The molecule has 0 aliphatic carbocycles. The van der Waals surface area contributed by atoms with E-state index in [-0.39, 0.29) is 70.5 Å². The van der Waals surface area contributed by atoms with Crippen LogP contribution in [0.2, 0.25) is 10.0 Å². The average Bonchev–Trinajstić information content (AvgIpc) is 3.12. The fourth-order valence-corrected chi connectivity index (χ4v) is 6.91. The Labute approximate surface area is 363 Å². The number of fused-ring (bicyclic) bond motifs is 2. The van der Waals surface area contributed by atoms with Gasteiger partial charge in [0, 0.05) is 31.9 Å². The minimum absolute atomic E-state index is 0. The van der Waals surface area contributed by atoms with Gasteiger partial charge in [-0.05, 0) is 72.1 Å². The molecule has 0 spiro atoms. The zero-order valence-electron chi connectivity index (χ0n) is 29.2. The number of carbonyl (C=O) groups excluding carboxylic acids is 2. The molecule has 0 heterocycles. The molecule has 0 aromatic heterocycles. The van der Waals surface area contributed by atoms with Crippen LogP contribution in [0.25, 0.3) is 21.5 Å². The van der Waals surface area contributed by atoms with Crippen molar-refractivity contribution in [2.24, 2.45) is 20.5 Å². The molecule has 0 aliphatic rings. The molecule has 0 unspecified atom stereocenters. The monoisotopic (exact) mass is 878 g/mol. The summed E-state index contributed by atoms with van der Waals surface area (Å²) in [5.41, 5.74) is -1.17. The summed E-state index contributed by atoms with van der Waals surface area (Å²) in [5, 5.41) is 60.4. The van der Waals surface area contributed by atoms with Gasteiger partial charge in [0.25, 0.3) is 20.2 Å². The number of carboxylic acids is 2. The molecule has 0 fully saturated rings. The molecule has 57 heavy (non-hydrogen) atoms. The molecule has 4 N–H and O–H groups in total. The van der Waals surface area contributed by atoms with Gasteiger partial charge in [-0.3, -0.25) is 9.11 Å². The zero-order chi connectivity index (χ0) is 41.3. The van der Waals surface area contributed by atoms with Crippen LogP contribution in [0.15, 0.2) is 115 Å². The van der Waals surface area contributed by atoms with Gasteiger partial charge >= 0.3 is 37.7 Å². The maximum Gasteiger partial charge on any atom is 2.00 e. The van der Waals surface area contributed by atoms with E-state index in [1.54, 1.807) is 62.4 Å². The molecule has 0 saturated heterocycles. The number of phenols is 2. The third-order valence-electron chi connectivity index (χ3n) is 7.98. The molecular formula is C36H24CaCl2N4O12S2. The van der Waals surface area contributed by atoms with Crippen molar-refractivity contribution >= 4 is 137 Å². The molecule has 21 heteroatoms. The van der Waals surface area contributed by atoms with E-state index in [4.69, 9.17) is 23.2 Å². The van der Waals surface area contributed by atoms with Crippen molar-refractivity contribution < 1.29 is 56.0 Å². The van der Waals surface area contributed by atoms with E-state index in [2.05, 4.69) is 20.5 Å². The van der Waals surface area contributed by atoms with Crippen molar-refractivity contribution in [3.63, 3.8) is 0 Å². The summed E-state index contributed by atoms with van der Waals surface area (Å²) in [6, 6.07) is 20.1. The van der Waals surface area contributed by atoms with Crippen molar-refractivity contribution in [1.29, 1.82) is 0 Å². The van der Waals surface area contributed by atoms with Gasteiger partial charge in [-0.2, -0.15) is 16.8 Å². The van der Waals surface area contributed by atoms with Crippen LogP contribution in [0, 0.1) is 13.8 Å². The van der Waals surface area contributed by atoms with Crippen molar-refractivity contribution in [3.05, 3.63) is 117 Å². The van der Waals surface area contributed by atoms with E-state index < -0.39 is 64.6 Å². The molecule has 0 atom stereocenters. The number of aromatic carboxylic acids is 2. The summed E-state index contributed by atoms with van der Waals surface area (Å²) in [4.78, 5) is 21.5. The van der Waals surface area contributed by atoms with Crippen LogP contribution in [-0.4, -0.2) is 85.8 Å². The van der Waals surface area contributed by atoms with Crippen molar-refractivity contribution in [2.75, 3.05) is 0 Å². The molecular weight excluding hydrogens is 856 g/mol. The number of azo groups is 2. The number of carboxylic acid groups (broad SMARTS) is 2. The number of benzene rings is 6. The van der Waals surface area contributed by atoms with Crippen molar-refractivity contribution in [2.45, 2.75) is 23.6 Å². The summed E-state index contributed by atoms with van der Waals surface area (Å²) >= 11 is 12.0. The van der Waals surface area contributed by atoms with Crippen LogP contribution >= 0.6 is 23.2 Å². The Bertz CT molecular complexity index is 2710. The fraction of sp³-hybridized carbons (Fsp3) is 0.0556. The van der Waals surface area contributed by atoms with Gasteiger partial charge in [0.1, 0.15) is 32.5 Å². The first kappa shape index (κ1) is 44.9. The summed E-state index contributed by atoms with van der Waals surface area (Å²) in [7, 11) is -9.26. The predicted molar refractivity (Wildman–Crippen MR) is 206 cm³/mol. The Morgan fingerprint density at radius 1 is 0.579 bits per heavy atom. The smallest absolute Gasteiger partial charge is 0.545 e. The molecule has 16 nitrogen and oxygen atoms in total. The topological polar surface area (TPSA) is 279 Å². The summed E-state index contributed by atoms with van der Waals surface area (Å²) in [6.45, 7) is 3.08. The van der Waals surface area contributed by atoms with Gasteiger partial charge in [-0.25, -0.2) is 0 Å². The summed E-state index contributed by atoms with van der Waals surface area (Å²) in [6.07, 6.45) is 0. The normalized spacial score (nSPS) is 11.8. The molecule has 0 saturated carbocycles. The molecule has 0 amide bonds. The minimum Gasteiger partial charge on any atom is -0.545 e. The third-order valence-corrected chi connectivity index (χ3v) is 10.6. The first-order valence-electron chi connectivity index (χ1n) is 15.5. The molecule has 288 valence electrons. The molecule has 6 rings (SSSR count). The number of nitrogens with zero attached hydrogens (tertiary/aromatic N) is 4. The van der Waals surface area contributed by atoms with Gasteiger partial charge in [-0.1, -0.05) is 71.7 Å². The Morgan fingerprint density at radius 2 is 0.912 bits per heavy atom. The van der Waals surface area contributed by atoms with Crippen LogP contribution in [0.5, 0.6) is 11.5 Å². The molecule has 0 radical (unpaired) electrons. The maximum atomic E-state index is 11.6. The van der Waals surface area contributed by atoms with E-state index in [9.17, 15) is 56.0 Å². The number of carbonyl (C=O) groups is 2. The standard InChI is InChI=1S/2C18H13ClN2O6S.Ca/c2*1-9-6-15(28(25,26)27)14(8-13(9)19)20-21-16-11-5-3-2-4-10(11)7-12(17(16)22)18(23)24;/h2*2-8,22H,1H3,(H,23,24)(H,25,26,27);/q;;+2/p-2. The van der Waals surface area contributed by atoms with Crippen LogP contribution in [0.4, 0.5) is 22.7 Å². The predicted octanol–water partition coefficient (Wildman–Crippen LogP) is 6.68. The van der Waals surface area contributed by atoms with Gasteiger partial charge in [0.05, 0.1) is 11.9 Å². The van der Waals surface area contributed by atoms with E-state index >= 15 is 0 Å². The van der Waals surface area contributed by atoms with Crippen LogP contribution in [0.3, 0.4) is 0 Å². The number of hydrogen-bond donors (Lipinski definition) is 4. The number of hydrogen-bond acceptors (Lipinski definition) is 14. The van der Waals surface area contributed by atoms with Crippen LogP contribution in [0.1, 0.15) is 31.8 Å². The number of rotatable bonds is 8. The first-order valence-corrected chi connectivity index (χ1v) is 19.1. The second kappa shape index (κ2) is 17.8. The van der Waals surface area contributed by atoms with E-state index in [1.165, 1.54) is 24.3 Å².